The zero-order valence-corrected chi connectivity index (χ0v) is 15.0. The van der Waals surface area contributed by atoms with E-state index in [-0.39, 0.29) is 5.91 Å². The molecule has 1 N–H and O–H groups in total. The first-order valence-corrected chi connectivity index (χ1v) is 9.77. The van der Waals surface area contributed by atoms with E-state index in [1.165, 1.54) is 17.7 Å². The first-order valence-electron chi connectivity index (χ1n) is 8.95. The van der Waals surface area contributed by atoms with Crippen molar-refractivity contribution in [2.75, 3.05) is 37.6 Å². The second-order valence-electron chi connectivity index (χ2n) is 6.53. The molecule has 0 saturated carbocycles. The van der Waals surface area contributed by atoms with Gasteiger partial charge in [0, 0.05) is 49.5 Å². The number of rotatable bonds is 3. The van der Waals surface area contributed by atoms with Gasteiger partial charge in [0.2, 0.25) is 5.95 Å². The highest BCUT2D eigenvalue weighted by molar-refractivity contribution is 7.14. The number of anilines is 1. The van der Waals surface area contributed by atoms with Gasteiger partial charge in [0.1, 0.15) is 0 Å². The van der Waals surface area contributed by atoms with Crippen molar-refractivity contribution in [1.29, 1.82) is 0 Å². The van der Waals surface area contributed by atoms with E-state index in [0.29, 0.717) is 12.6 Å². The van der Waals surface area contributed by atoms with Gasteiger partial charge in [-0.25, -0.2) is 9.97 Å². The predicted octanol–water partition coefficient (Wildman–Crippen LogP) is 2.32. The van der Waals surface area contributed by atoms with Crippen molar-refractivity contribution < 1.29 is 4.79 Å². The quantitative estimate of drug-likeness (QED) is 0.913. The summed E-state index contributed by atoms with van der Waals surface area (Å²) >= 11 is 1.64. The van der Waals surface area contributed by atoms with Gasteiger partial charge >= 0.3 is 0 Å². The third-order valence-electron chi connectivity index (χ3n) is 4.86. The van der Waals surface area contributed by atoms with Gasteiger partial charge in [0.25, 0.3) is 5.91 Å². The topological polar surface area (TPSA) is 61.4 Å². The van der Waals surface area contributed by atoms with E-state index >= 15 is 0 Å². The first kappa shape index (κ1) is 16.5. The Morgan fingerprint density at radius 3 is 2.80 bits per heavy atom. The van der Waals surface area contributed by atoms with Gasteiger partial charge in [-0.3, -0.25) is 4.79 Å². The Morgan fingerprint density at radius 1 is 1.12 bits per heavy atom. The molecule has 1 atom stereocenters. The summed E-state index contributed by atoms with van der Waals surface area (Å²) in [6.45, 7) is 4.24. The van der Waals surface area contributed by atoms with Gasteiger partial charge in [-0.15, -0.1) is 11.3 Å². The van der Waals surface area contributed by atoms with Crippen LogP contribution < -0.4 is 10.2 Å². The molecule has 0 bridgehead atoms. The molecule has 1 amide bonds. The van der Waals surface area contributed by atoms with Crippen LogP contribution in [0.5, 0.6) is 0 Å². The number of amides is 1. The number of thiophene rings is 1. The van der Waals surface area contributed by atoms with Crippen molar-refractivity contribution in [3.8, 4) is 0 Å². The van der Waals surface area contributed by atoms with E-state index in [4.69, 9.17) is 0 Å². The van der Waals surface area contributed by atoms with E-state index in [9.17, 15) is 4.79 Å². The molecule has 0 aliphatic carbocycles. The van der Waals surface area contributed by atoms with E-state index in [1.807, 2.05) is 17.0 Å². The van der Waals surface area contributed by atoms with Gasteiger partial charge in [-0.1, -0.05) is 0 Å². The Morgan fingerprint density at radius 2 is 2.00 bits per heavy atom. The lowest BCUT2D eigenvalue weighted by Crippen LogP contribution is -2.35. The van der Waals surface area contributed by atoms with Crippen molar-refractivity contribution in [3.05, 3.63) is 40.3 Å². The highest BCUT2D eigenvalue weighted by Gasteiger charge is 2.24. The molecule has 2 fully saturated rings. The average Bonchev–Trinajstić information content (AvgIpc) is 3.29. The lowest BCUT2D eigenvalue weighted by Gasteiger charge is -2.21. The third-order valence-corrected chi connectivity index (χ3v) is 6.05. The highest BCUT2D eigenvalue weighted by Crippen LogP contribution is 2.30. The van der Waals surface area contributed by atoms with Crippen LogP contribution in [-0.4, -0.2) is 53.5 Å². The first-order chi connectivity index (χ1) is 12.3. The Hall–Kier alpha value is -1.99. The molecular formula is C18H23N5OS. The fraction of sp³-hybridized carbons (Fsp3) is 0.500. The van der Waals surface area contributed by atoms with E-state index in [2.05, 4.69) is 26.3 Å². The summed E-state index contributed by atoms with van der Waals surface area (Å²) in [6, 6.07) is 6.36. The molecule has 2 saturated heterocycles. The smallest absolute Gasteiger partial charge is 0.263 e. The van der Waals surface area contributed by atoms with Crippen molar-refractivity contribution in [2.24, 2.45) is 0 Å². The fourth-order valence-corrected chi connectivity index (χ4v) is 4.60. The fourth-order valence-electron chi connectivity index (χ4n) is 3.51. The highest BCUT2D eigenvalue weighted by atomic mass is 32.1. The molecule has 2 aromatic rings. The zero-order valence-electron chi connectivity index (χ0n) is 14.2. The predicted molar refractivity (Wildman–Crippen MR) is 99.1 cm³/mol. The standard InChI is InChI=1S/C18H23N5OS/c24-17(16-6-5-15(25-16)14-4-1-7-19-14)22-10-3-11-23(13-12-22)18-20-8-2-9-21-18/h2,5-6,8-9,14,19H,1,3-4,7,10-13H2. The maximum atomic E-state index is 12.9. The van der Waals surface area contributed by atoms with Crippen LogP contribution in [0.2, 0.25) is 0 Å². The molecule has 0 spiro atoms. The number of carbonyl (C=O) groups is 1. The Labute approximate surface area is 151 Å². The van der Waals surface area contributed by atoms with Gasteiger partial charge in [-0.05, 0) is 44.0 Å². The monoisotopic (exact) mass is 357 g/mol. The van der Waals surface area contributed by atoms with E-state index < -0.39 is 0 Å². The van der Waals surface area contributed by atoms with Crippen LogP contribution in [0.3, 0.4) is 0 Å². The number of nitrogens with one attached hydrogen (secondary N) is 1. The number of carbonyl (C=O) groups excluding carboxylic acids is 1. The summed E-state index contributed by atoms with van der Waals surface area (Å²) in [5.41, 5.74) is 0. The summed E-state index contributed by atoms with van der Waals surface area (Å²) in [5, 5.41) is 3.50. The maximum absolute atomic E-state index is 12.9. The molecule has 4 heterocycles. The summed E-state index contributed by atoms with van der Waals surface area (Å²) in [7, 11) is 0. The van der Waals surface area contributed by atoms with Crippen molar-refractivity contribution >= 4 is 23.2 Å². The van der Waals surface area contributed by atoms with E-state index in [0.717, 1.165) is 43.4 Å². The summed E-state index contributed by atoms with van der Waals surface area (Å²) in [4.78, 5) is 27.8. The normalized spacial score (nSPS) is 21.4. The molecular weight excluding hydrogens is 334 g/mol. The number of nitrogens with zero attached hydrogens (tertiary/aromatic N) is 4. The van der Waals surface area contributed by atoms with Crippen LogP contribution in [0.15, 0.2) is 30.6 Å². The van der Waals surface area contributed by atoms with Gasteiger partial charge in [0.15, 0.2) is 0 Å². The van der Waals surface area contributed by atoms with Crippen molar-refractivity contribution in [1.82, 2.24) is 20.2 Å². The second kappa shape index (κ2) is 7.49. The van der Waals surface area contributed by atoms with Crippen LogP contribution in [0.1, 0.15) is 39.9 Å². The number of aromatic nitrogens is 2. The van der Waals surface area contributed by atoms with Gasteiger partial charge in [-0.2, -0.15) is 0 Å². The molecule has 132 valence electrons. The molecule has 25 heavy (non-hydrogen) atoms. The van der Waals surface area contributed by atoms with Crippen LogP contribution in [0.25, 0.3) is 0 Å². The minimum atomic E-state index is 0.157. The Bertz CT molecular complexity index is 713. The number of hydrogen-bond donors (Lipinski definition) is 1. The molecule has 4 rings (SSSR count). The lowest BCUT2D eigenvalue weighted by atomic mass is 10.2. The summed E-state index contributed by atoms with van der Waals surface area (Å²) in [6.07, 6.45) is 6.85. The van der Waals surface area contributed by atoms with Crippen LogP contribution in [-0.2, 0) is 0 Å². The van der Waals surface area contributed by atoms with Gasteiger partial charge in [0.05, 0.1) is 4.88 Å². The van der Waals surface area contributed by atoms with Crippen LogP contribution >= 0.6 is 11.3 Å². The minimum Gasteiger partial charge on any atom is -0.339 e. The number of hydrogen-bond acceptors (Lipinski definition) is 6. The minimum absolute atomic E-state index is 0.157. The zero-order chi connectivity index (χ0) is 17.1. The largest absolute Gasteiger partial charge is 0.339 e. The molecule has 2 aliphatic rings. The maximum Gasteiger partial charge on any atom is 0.263 e. The Balaban J connectivity index is 1.41. The van der Waals surface area contributed by atoms with Gasteiger partial charge < -0.3 is 15.1 Å². The molecule has 0 aromatic carbocycles. The van der Waals surface area contributed by atoms with Crippen LogP contribution in [0.4, 0.5) is 5.95 Å². The summed E-state index contributed by atoms with van der Waals surface area (Å²) < 4.78 is 0. The SMILES string of the molecule is O=C(c1ccc(C2CCCN2)s1)N1CCCN(c2ncccn2)CC1. The average molecular weight is 357 g/mol. The van der Waals surface area contributed by atoms with Crippen molar-refractivity contribution in [3.63, 3.8) is 0 Å². The Kier molecular flexibility index (Phi) is 4.94. The molecule has 1 unspecified atom stereocenters. The molecule has 6 nitrogen and oxygen atoms in total. The molecule has 0 radical (unpaired) electrons. The molecule has 2 aliphatic heterocycles. The van der Waals surface area contributed by atoms with Crippen LogP contribution in [0, 0.1) is 0 Å². The van der Waals surface area contributed by atoms with E-state index in [1.54, 1.807) is 23.7 Å². The van der Waals surface area contributed by atoms with Crippen molar-refractivity contribution in [2.45, 2.75) is 25.3 Å². The molecule has 7 heteroatoms. The molecule has 2 aromatic heterocycles. The summed E-state index contributed by atoms with van der Waals surface area (Å²) in [5.74, 6) is 0.910. The third kappa shape index (κ3) is 3.67. The second-order valence-corrected chi connectivity index (χ2v) is 7.65. The lowest BCUT2D eigenvalue weighted by molar-refractivity contribution is 0.0772.